The van der Waals surface area contributed by atoms with Crippen LogP contribution < -0.4 is 5.09 Å². The monoisotopic (exact) mass is 277 g/mol. The number of benzene rings is 1. The van der Waals surface area contributed by atoms with Gasteiger partial charge in [0.25, 0.3) is 0 Å². The maximum atomic E-state index is 12.7. The van der Waals surface area contributed by atoms with Crippen molar-refractivity contribution in [2.75, 3.05) is 6.54 Å². The summed E-state index contributed by atoms with van der Waals surface area (Å²) in [6.07, 6.45) is -2.98. The predicted molar refractivity (Wildman–Crippen MR) is 68.0 cm³/mol. The van der Waals surface area contributed by atoms with E-state index in [-0.39, 0.29) is 6.54 Å². The minimum Gasteiger partial charge on any atom is -0.311 e. The first-order valence-electron chi connectivity index (χ1n) is 5.79. The van der Waals surface area contributed by atoms with Gasteiger partial charge in [-0.05, 0) is 25.8 Å². The molecular formula is C12H18F2NO2P. The van der Waals surface area contributed by atoms with Crippen LogP contribution in [0.4, 0.5) is 8.78 Å². The molecule has 1 aromatic carbocycles. The van der Waals surface area contributed by atoms with Gasteiger partial charge in [-0.1, -0.05) is 30.3 Å². The third-order valence-electron chi connectivity index (χ3n) is 2.21. The van der Waals surface area contributed by atoms with Crippen molar-refractivity contribution in [3.63, 3.8) is 0 Å². The molecule has 0 aliphatic heterocycles. The third kappa shape index (κ3) is 4.84. The second-order valence-corrected chi connectivity index (χ2v) is 6.28. The first-order valence-corrected chi connectivity index (χ1v) is 7.49. The molecule has 6 heteroatoms. The molecule has 0 aromatic heterocycles. The average Bonchev–Trinajstić information content (AvgIpc) is 2.29. The zero-order valence-electron chi connectivity index (χ0n) is 10.5. The highest BCUT2D eigenvalue weighted by atomic mass is 31.2. The maximum absolute atomic E-state index is 12.7. The van der Waals surface area contributed by atoms with Crippen LogP contribution in [0, 0.1) is 0 Å². The van der Waals surface area contributed by atoms with Gasteiger partial charge >= 0.3 is 13.7 Å². The zero-order chi connectivity index (χ0) is 13.6. The SMILES string of the molecule is CC(C)OP(=O)(NCCc1ccccc1)C(F)F. The quantitative estimate of drug-likeness (QED) is 0.773. The van der Waals surface area contributed by atoms with Gasteiger partial charge in [0.1, 0.15) is 0 Å². The molecule has 1 rings (SSSR count). The van der Waals surface area contributed by atoms with E-state index in [4.69, 9.17) is 4.52 Å². The average molecular weight is 277 g/mol. The van der Waals surface area contributed by atoms with E-state index >= 15 is 0 Å². The van der Waals surface area contributed by atoms with Crippen molar-refractivity contribution in [3.05, 3.63) is 35.9 Å². The molecule has 1 unspecified atom stereocenters. The van der Waals surface area contributed by atoms with Crippen molar-refractivity contribution in [3.8, 4) is 0 Å². The first kappa shape index (κ1) is 15.3. The first-order chi connectivity index (χ1) is 8.44. The molecule has 0 heterocycles. The predicted octanol–water partition coefficient (Wildman–Crippen LogP) is 3.66. The third-order valence-corrected chi connectivity index (χ3v) is 4.13. The Morgan fingerprint density at radius 3 is 2.39 bits per heavy atom. The van der Waals surface area contributed by atoms with Gasteiger partial charge in [0, 0.05) is 6.54 Å². The van der Waals surface area contributed by atoms with Crippen LogP contribution in [0.25, 0.3) is 0 Å². The molecular weight excluding hydrogens is 259 g/mol. The summed E-state index contributed by atoms with van der Waals surface area (Å²) in [5.74, 6) is 0. The molecule has 0 amide bonds. The summed E-state index contributed by atoms with van der Waals surface area (Å²) in [6.45, 7) is 3.35. The molecule has 0 aliphatic carbocycles. The Morgan fingerprint density at radius 1 is 1.28 bits per heavy atom. The largest absolute Gasteiger partial charge is 0.335 e. The van der Waals surface area contributed by atoms with Crippen molar-refractivity contribution < 1.29 is 17.9 Å². The van der Waals surface area contributed by atoms with Crippen LogP contribution in [0.3, 0.4) is 0 Å². The van der Waals surface area contributed by atoms with E-state index in [1.54, 1.807) is 13.8 Å². The zero-order valence-corrected chi connectivity index (χ0v) is 11.4. The summed E-state index contributed by atoms with van der Waals surface area (Å²) in [7, 11) is -4.07. The molecule has 18 heavy (non-hydrogen) atoms. The van der Waals surface area contributed by atoms with Gasteiger partial charge in [0.15, 0.2) is 0 Å². The number of hydrogen-bond acceptors (Lipinski definition) is 2. The van der Waals surface area contributed by atoms with Gasteiger partial charge in [-0.2, -0.15) is 8.78 Å². The minimum absolute atomic E-state index is 0.193. The Hall–Kier alpha value is -0.770. The molecule has 1 aromatic rings. The Kier molecular flexibility index (Phi) is 5.93. The molecule has 1 N–H and O–H groups in total. The van der Waals surface area contributed by atoms with E-state index in [0.29, 0.717) is 6.42 Å². The van der Waals surface area contributed by atoms with Gasteiger partial charge in [-0.3, -0.25) is 4.57 Å². The van der Waals surface area contributed by atoms with Crippen LogP contribution in [0.1, 0.15) is 19.4 Å². The van der Waals surface area contributed by atoms with Crippen molar-refractivity contribution in [2.45, 2.75) is 32.5 Å². The normalized spacial score (nSPS) is 15.0. The maximum Gasteiger partial charge on any atom is 0.335 e. The molecule has 0 saturated carbocycles. The summed E-state index contributed by atoms with van der Waals surface area (Å²) < 4.78 is 42.1. The summed E-state index contributed by atoms with van der Waals surface area (Å²) >= 11 is 0. The van der Waals surface area contributed by atoms with Gasteiger partial charge in [-0.25, -0.2) is 5.09 Å². The highest BCUT2D eigenvalue weighted by Crippen LogP contribution is 2.50. The summed E-state index contributed by atoms with van der Waals surface area (Å²) in [6, 6.07) is 9.39. The molecule has 102 valence electrons. The molecule has 1 atom stereocenters. The second-order valence-electron chi connectivity index (χ2n) is 4.17. The molecule has 0 aliphatic rings. The number of hydrogen-bond donors (Lipinski definition) is 1. The lowest BCUT2D eigenvalue weighted by Gasteiger charge is -2.20. The van der Waals surface area contributed by atoms with Crippen LogP contribution >= 0.6 is 7.52 Å². The lowest BCUT2D eigenvalue weighted by Crippen LogP contribution is -2.22. The molecule has 0 saturated heterocycles. The smallest absolute Gasteiger partial charge is 0.311 e. The molecule has 0 fully saturated rings. The van der Waals surface area contributed by atoms with Gasteiger partial charge in [0.05, 0.1) is 6.10 Å². The highest BCUT2D eigenvalue weighted by molar-refractivity contribution is 7.57. The Labute approximate surface area is 106 Å². The topological polar surface area (TPSA) is 38.3 Å². The van der Waals surface area contributed by atoms with Gasteiger partial charge < -0.3 is 4.52 Å². The molecule has 0 spiro atoms. The van der Waals surface area contributed by atoms with E-state index < -0.39 is 19.8 Å². The Morgan fingerprint density at radius 2 is 1.89 bits per heavy atom. The number of rotatable bonds is 7. The lowest BCUT2D eigenvalue weighted by atomic mass is 10.2. The van der Waals surface area contributed by atoms with Crippen molar-refractivity contribution >= 4 is 7.52 Å². The Balaban J connectivity index is 2.51. The fourth-order valence-corrected chi connectivity index (χ4v) is 2.82. The second kappa shape index (κ2) is 6.98. The van der Waals surface area contributed by atoms with Crippen LogP contribution in [-0.2, 0) is 15.5 Å². The van der Waals surface area contributed by atoms with E-state index in [9.17, 15) is 13.3 Å². The summed E-state index contributed by atoms with van der Waals surface area (Å²) in [5, 5.41) is 2.36. The van der Waals surface area contributed by atoms with Crippen LogP contribution in [0.2, 0.25) is 0 Å². The Bertz CT molecular complexity index is 398. The van der Waals surface area contributed by atoms with Gasteiger partial charge in [-0.15, -0.1) is 0 Å². The van der Waals surface area contributed by atoms with E-state index in [1.807, 2.05) is 30.3 Å². The molecule has 0 bridgehead atoms. The number of alkyl halides is 2. The van der Waals surface area contributed by atoms with Crippen molar-refractivity contribution in [1.29, 1.82) is 0 Å². The molecule has 3 nitrogen and oxygen atoms in total. The standard InChI is InChI=1S/C12H18F2NO2P/c1-10(2)17-18(16,12(13)14)15-9-8-11-6-4-3-5-7-11/h3-7,10,12H,8-9H2,1-2H3,(H,15,16). The number of nitrogens with one attached hydrogen (secondary N) is 1. The minimum atomic E-state index is -4.07. The van der Waals surface area contributed by atoms with Crippen LogP contribution in [0.5, 0.6) is 0 Å². The lowest BCUT2D eigenvalue weighted by molar-refractivity contribution is 0.163. The van der Waals surface area contributed by atoms with Gasteiger partial charge in [0.2, 0.25) is 0 Å². The van der Waals surface area contributed by atoms with Crippen LogP contribution in [-0.4, -0.2) is 18.8 Å². The van der Waals surface area contributed by atoms with E-state index in [2.05, 4.69) is 5.09 Å². The van der Waals surface area contributed by atoms with E-state index in [1.165, 1.54) is 0 Å². The van der Waals surface area contributed by atoms with Crippen molar-refractivity contribution in [2.24, 2.45) is 0 Å². The fraction of sp³-hybridized carbons (Fsp3) is 0.500. The number of halogens is 2. The molecule has 0 radical (unpaired) electrons. The summed E-state index contributed by atoms with van der Waals surface area (Å²) in [4.78, 5) is 0. The summed E-state index contributed by atoms with van der Waals surface area (Å²) in [5.41, 5.74) is 0.996. The van der Waals surface area contributed by atoms with Crippen LogP contribution in [0.15, 0.2) is 30.3 Å². The highest BCUT2D eigenvalue weighted by Gasteiger charge is 2.35. The fourth-order valence-electron chi connectivity index (χ4n) is 1.47. The van der Waals surface area contributed by atoms with E-state index in [0.717, 1.165) is 5.56 Å². The van der Waals surface area contributed by atoms with Crippen molar-refractivity contribution in [1.82, 2.24) is 5.09 Å².